The van der Waals surface area contributed by atoms with Gasteiger partial charge in [0.25, 0.3) is 0 Å². The number of aromatic nitrogens is 3. The molecule has 0 amide bonds. The fourth-order valence-corrected chi connectivity index (χ4v) is 4.60. The van der Waals surface area contributed by atoms with Gasteiger partial charge in [-0.15, -0.1) is 10.2 Å². The minimum absolute atomic E-state index is 0.246. The smallest absolute Gasteiger partial charge is 0.192 e. The first-order valence-corrected chi connectivity index (χ1v) is 9.99. The molecule has 1 aromatic heterocycles. The van der Waals surface area contributed by atoms with E-state index in [9.17, 15) is 0 Å². The largest absolute Gasteiger partial charge is 0.303 e. The Hall–Kier alpha value is -2.07. The van der Waals surface area contributed by atoms with Crippen LogP contribution in [0.4, 0.5) is 0 Å². The number of nitrogens with zero attached hydrogens (tertiary/aromatic N) is 3. The second-order valence-corrected chi connectivity index (χ2v) is 8.11. The zero-order valence-electron chi connectivity index (χ0n) is 14.1. The van der Waals surface area contributed by atoms with E-state index in [4.69, 9.17) is 0 Å². The van der Waals surface area contributed by atoms with E-state index < -0.39 is 0 Å². The van der Waals surface area contributed by atoms with Crippen molar-refractivity contribution in [2.24, 2.45) is 0 Å². The maximum absolute atomic E-state index is 4.61. The molecule has 5 rings (SSSR count). The summed E-state index contributed by atoms with van der Waals surface area (Å²) in [6.07, 6.45) is 5.09. The summed E-state index contributed by atoms with van der Waals surface area (Å²) in [7, 11) is 0. The molecule has 0 unspecified atom stereocenters. The molecule has 1 heterocycles. The molecule has 0 N–H and O–H groups in total. The van der Waals surface area contributed by atoms with Crippen molar-refractivity contribution < 1.29 is 0 Å². The first-order chi connectivity index (χ1) is 12.4. The molecule has 2 saturated carbocycles. The summed E-state index contributed by atoms with van der Waals surface area (Å²) in [4.78, 5) is 0. The molecule has 2 fully saturated rings. The van der Waals surface area contributed by atoms with Gasteiger partial charge < -0.3 is 4.57 Å². The van der Waals surface area contributed by atoms with Crippen molar-refractivity contribution in [3.05, 3.63) is 77.6 Å². The molecule has 3 nitrogen and oxygen atoms in total. The van der Waals surface area contributed by atoms with Gasteiger partial charge in [0.1, 0.15) is 5.82 Å². The fraction of sp³-hybridized carbons (Fsp3) is 0.333. The Morgan fingerprint density at radius 1 is 0.800 bits per heavy atom. The lowest BCUT2D eigenvalue weighted by Crippen LogP contribution is -2.04. The molecule has 2 aliphatic rings. The van der Waals surface area contributed by atoms with E-state index in [-0.39, 0.29) is 5.25 Å². The van der Waals surface area contributed by atoms with Crippen LogP contribution in [0.5, 0.6) is 0 Å². The lowest BCUT2D eigenvalue weighted by Gasteiger charge is -2.18. The molecule has 0 aliphatic heterocycles. The predicted octanol–water partition coefficient (Wildman–Crippen LogP) is 5.37. The average Bonchev–Trinajstić information content (AvgIpc) is 3.60. The monoisotopic (exact) mass is 347 g/mol. The first kappa shape index (κ1) is 15.2. The molecule has 2 aliphatic carbocycles. The summed E-state index contributed by atoms with van der Waals surface area (Å²) >= 11 is 1.85. The van der Waals surface area contributed by atoms with Crippen molar-refractivity contribution in [1.82, 2.24) is 14.8 Å². The van der Waals surface area contributed by atoms with Gasteiger partial charge in [-0.25, -0.2) is 0 Å². The Labute approximate surface area is 152 Å². The van der Waals surface area contributed by atoms with Crippen LogP contribution in [0.25, 0.3) is 0 Å². The molecular formula is C21H21N3S. The van der Waals surface area contributed by atoms with Gasteiger partial charge in [0, 0.05) is 12.0 Å². The molecule has 126 valence electrons. The van der Waals surface area contributed by atoms with Gasteiger partial charge in [-0.2, -0.15) is 0 Å². The molecule has 0 saturated heterocycles. The molecule has 25 heavy (non-hydrogen) atoms. The highest BCUT2D eigenvalue weighted by Gasteiger charge is 2.37. The SMILES string of the molecule is c1ccc(C(Sc2nnc(C3CC3)n2C2CC2)c2ccccc2)cc1. The van der Waals surface area contributed by atoms with Crippen LogP contribution in [0.2, 0.25) is 0 Å². The molecule has 0 radical (unpaired) electrons. The highest BCUT2D eigenvalue weighted by atomic mass is 32.2. The molecule has 0 spiro atoms. The van der Waals surface area contributed by atoms with E-state index in [0.717, 1.165) is 5.16 Å². The Morgan fingerprint density at radius 3 is 1.92 bits per heavy atom. The van der Waals surface area contributed by atoms with E-state index in [1.807, 2.05) is 11.8 Å². The third kappa shape index (κ3) is 3.11. The van der Waals surface area contributed by atoms with Gasteiger partial charge in [0.05, 0.1) is 5.25 Å². The van der Waals surface area contributed by atoms with Crippen LogP contribution < -0.4 is 0 Å². The normalized spacial score (nSPS) is 17.2. The van der Waals surface area contributed by atoms with Crippen LogP contribution in [-0.2, 0) is 0 Å². The molecule has 0 atom stereocenters. The van der Waals surface area contributed by atoms with Gasteiger partial charge >= 0.3 is 0 Å². The Balaban J connectivity index is 1.53. The Kier molecular flexibility index (Phi) is 3.86. The molecule has 2 aromatic carbocycles. The van der Waals surface area contributed by atoms with E-state index in [1.165, 1.54) is 42.6 Å². The van der Waals surface area contributed by atoms with E-state index in [0.29, 0.717) is 12.0 Å². The Morgan fingerprint density at radius 2 is 1.40 bits per heavy atom. The van der Waals surface area contributed by atoms with Crippen LogP contribution in [0.15, 0.2) is 65.8 Å². The standard InChI is InChI=1S/C21H21N3S/c1-3-7-15(8-4-1)19(16-9-5-2-6-10-16)25-21-23-22-20(17-11-12-17)24(21)18-13-14-18/h1-10,17-19H,11-14H2. The summed E-state index contributed by atoms with van der Waals surface area (Å²) in [6, 6.07) is 22.1. The van der Waals surface area contributed by atoms with Crippen LogP contribution in [0.1, 0.15) is 59.8 Å². The van der Waals surface area contributed by atoms with Gasteiger partial charge in [0.15, 0.2) is 5.16 Å². The predicted molar refractivity (Wildman–Crippen MR) is 101 cm³/mol. The summed E-state index contributed by atoms with van der Waals surface area (Å²) in [6.45, 7) is 0. The summed E-state index contributed by atoms with van der Waals surface area (Å²) in [5.41, 5.74) is 2.63. The maximum atomic E-state index is 4.61. The molecule has 4 heteroatoms. The maximum Gasteiger partial charge on any atom is 0.192 e. The average molecular weight is 347 g/mol. The van der Waals surface area contributed by atoms with Gasteiger partial charge in [-0.1, -0.05) is 72.4 Å². The zero-order valence-corrected chi connectivity index (χ0v) is 14.9. The van der Waals surface area contributed by atoms with Gasteiger partial charge in [-0.05, 0) is 36.8 Å². The third-order valence-electron chi connectivity index (χ3n) is 4.97. The van der Waals surface area contributed by atoms with Gasteiger partial charge in [-0.3, -0.25) is 0 Å². The third-order valence-corrected chi connectivity index (χ3v) is 6.24. The zero-order chi connectivity index (χ0) is 16.6. The van der Waals surface area contributed by atoms with Crippen molar-refractivity contribution in [1.29, 1.82) is 0 Å². The second kappa shape index (κ2) is 6.34. The number of hydrogen-bond donors (Lipinski definition) is 0. The summed E-state index contributed by atoms with van der Waals surface area (Å²) in [5.74, 6) is 1.87. The van der Waals surface area contributed by atoms with Crippen LogP contribution >= 0.6 is 11.8 Å². The lowest BCUT2D eigenvalue weighted by atomic mass is 10.0. The van der Waals surface area contributed by atoms with Crippen molar-refractivity contribution in [3.63, 3.8) is 0 Å². The van der Waals surface area contributed by atoms with Crippen molar-refractivity contribution in [3.8, 4) is 0 Å². The lowest BCUT2D eigenvalue weighted by molar-refractivity contribution is 0.626. The topological polar surface area (TPSA) is 30.7 Å². The number of thioether (sulfide) groups is 1. The van der Waals surface area contributed by atoms with Crippen LogP contribution in [0, 0.1) is 0 Å². The van der Waals surface area contributed by atoms with E-state index >= 15 is 0 Å². The number of benzene rings is 2. The second-order valence-electron chi connectivity index (χ2n) is 7.04. The minimum atomic E-state index is 0.246. The summed E-state index contributed by atoms with van der Waals surface area (Å²) < 4.78 is 2.45. The Bertz CT molecular complexity index is 812. The highest BCUT2D eigenvalue weighted by Crippen LogP contribution is 2.48. The van der Waals surface area contributed by atoms with Crippen molar-refractivity contribution in [2.45, 2.75) is 48.0 Å². The van der Waals surface area contributed by atoms with E-state index in [1.54, 1.807) is 0 Å². The highest BCUT2D eigenvalue weighted by molar-refractivity contribution is 7.99. The van der Waals surface area contributed by atoms with Crippen molar-refractivity contribution in [2.75, 3.05) is 0 Å². The molecular weight excluding hydrogens is 326 g/mol. The first-order valence-electron chi connectivity index (χ1n) is 9.11. The van der Waals surface area contributed by atoms with Crippen LogP contribution in [0.3, 0.4) is 0 Å². The quantitative estimate of drug-likeness (QED) is 0.562. The van der Waals surface area contributed by atoms with E-state index in [2.05, 4.69) is 75.4 Å². The van der Waals surface area contributed by atoms with Crippen LogP contribution in [-0.4, -0.2) is 14.8 Å². The fourth-order valence-electron chi connectivity index (χ4n) is 3.35. The molecule has 3 aromatic rings. The minimum Gasteiger partial charge on any atom is -0.303 e. The molecule has 0 bridgehead atoms. The van der Waals surface area contributed by atoms with Crippen molar-refractivity contribution >= 4 is 11.8 Å². The summed E-state index contributed by atoms with van der Waals surface area (Å²) in [5, 5.41) is 10.5. The van der Waals surface area contributed by atoms with Gasteiger partial charge in [0.2, 0.25) is 0 Å². The number of hydrogen-bond acceptors (Lipinski definition) is 3. The number of rotatable bonds is 6.